The number of fused-ring (bicyclic) bond motifs is 1. The molecule has 2 aliphatic rings. The van der Waals surface area contributed by atoms with Crippen LogP contribution in [0, 0.1) is 5.41 Å². The standard InChI is InChI=1S/C24H27N7O/c25-21-19-4-2-1-3-16(19)13-24(21)8-11-31(12-9-24)22-20(15-32)29-18(14-28-22)6-5-17-7-10-27-23(26)30-17/h1-7,10,14,21,32H,8-9,11-13,15,25H2,(H2,26,27,30). The smallest absolute Gasteiger partial charge is 0.220 e. The van der Waals surface area contributed by atoms with Crippen LogP contribution in [0.3, 0.4) is 0 Å². The lowest BCUT2D eigenvalue weighted by Gasteiger charge is -2.42. The number of anilines is 2. The third-order valence-electron chi connectivity index (χ3n) is 6.76. The molecule has 1 fully saturated rings. The Hall–Kier alpha value is -3.36. The number of hydrogen-bond donors (Lipinski definition) is 3. The number of rotatable bonds is 4. The molecule has 0 amide bonds. The molecule has 3 heterocycles. The van der Waals surface area contributed by atoms with Crippen LogP contribution in [0.1, 0.15) is 47.1 Å². The van der Waals surface area contributed by atoms with Crippen molar-refractivity contribution >= 4 is 23.9 Å². The van der Waals surface area contributed by atoms with Gasteiger partial charge < -0.3 is 21.5 Å². The Kier molecular flexibility index (Phi) is 5.32. The number of piperidine rings is 1. The van der Waals surface area contributed by atoms with Crippen molar-refractivity contribution in [1.29, 1.82) is 0 Å². The molecule has 8 heteroatoms. The van der Waals surface area contributed by atoms with Crippen molar-refractivity contribution in [2.45, 2.75) is 31.9 Å². The molecule has 3 aromatic rings. The average molecular weight is 430 g/mol. The van der Waals surface area contributed by atoms with Gasteiger partial charge in [0.15, 0.2) is 5.82 Å². The zero-order valence-corrected chi connectivity index (χ0v) is 17.9. The van der Waals surface area contributed by atoms with E-state index in [1.807, 2.05) is 0 Å². The predicted octanol–water partition coefficient (Wildman–Crippen LogP) is 2.35. The van der Waals surface area contributed by atoms with E-state index in [9.17, 15) is 5.11 Å². The van der Waals surface area contributed by atoms with Crippen LogP contribution in [-0.2, 0) is 13.0 Å². The van der Waals surface area contributed by atoms with Gasteiger partial charge in [-0.3, -0.25) is 0 Å². The van der Waals surface area contributed by atoms with E-state index < -0.39 is 0 Å². The van der Waals surface area contributed by atoms with Gasteiger partial charge in [0.2, 0.25) is 5.95 Å². The van der Waals surface area contributed by atoms with Gasteiger partial charge in [0.1, 0.15) is 5.69 Å². The van der Waals surface area contributed by atoms with Crippen molar-refractivity contribution in [3.05, 3.63) is 70.9 Å². The quantitative estimate of drug-likeness (QED) is 0.577. The van der Waals surface area contributed by atoms with Crippen LogP contribution in [-0.4, -0.2) is 38.1 Å². The number of nitrogen functional groups attached to an aromatic ring is 1. The Morgan fingerprint density at radius 3 is 2.59 bits per heavy atom. The van der Waals surface area contributed by atoms with Crippen LogP contribution < -0.4 is 16.4 Å². The molecule has 5 rings (SSSR count). The Bertz CT molecular complexity index is 1150. The summed E-state index contributed by atoms with van der Waals surface area (Å²) in [5.41, 5.74) is 17.0. The second kappa shape index (κ2) is 8.29. The molecule has 1 atom stereocenters. The molecular weight excluding hydrogens is 402 g/mol. The van der Waals surface area contributed by atoms with Gasteiger partial charge in [0.05, 0.1) is 24.2 Å². The number of benzene rings is 1. The summed E-state index contributed by atoms with van der Waals surface area (Å²) in [6.07, 6.45) is 9.95. The first kappa shape index (κ1) is 20.5. The molecule has 0 radical (unpaired) electrons. The summed E-state index contributed by atoms with van der Waals surface area (Å²) < 4.78 is 0. The largest absolute Gasteiger partial charge is 0.390 e. The zero-order chi connectivity index (χ0) is 22.1. The minimum Gasteiger partial charge on any atom is -0.390 e. The third kappa shape index (κ3) is 3.72. The predicted molar refractivity (Wildman–Crippen MR) is 124 cm³/mol. The van der Waals surface area contributed by atoms with Gasteiger partial charge in [-0.2, -0.15) is 0 Å². The first-order valence-electron chi connectivity index (χ1n) is 10.9. The van der Waals surface area contributed by atoms with E-state index in [4.69, 9.17) is 11.5 Å². The van der Waals surface area contributed by atoms with Crippen LogP contribution in [0.15, 0.2) is 42.7 Å². The van der Waals surface area contributed by atoms with Gasteiger partial charge in [0, 0.05) is 25.3 Å². The van der Waals surface area contributed by atoms with E-state index in [2.05, 4.69) is 49.1 Å². The summed E-state index contributed by atoms with van der Waals surface area (Å²) >= 11 is 0. The van der Waals surface area contributed by atoms with Gasteiger partial charge in [-0.05, 0) is 54.0 Å². The van der Waals surface area contributed by atoms with E-state index in [0.29, 0.717) is 17.1 Å². The number of aliphatic hydroxyl groups excluding tert-OH is 1. The summed E-state index contributed by atoms with van der Waals surface area (Å²) in [6.45, 7) is 1.52. The molecule has 164 valence electrons. The topological polar surface area (TPSA) is 127 Å². The van der Waals surface area contributed by atoms with Crippen LogP contribution in [0.2, 0.25) is 0 Å². The highest BCUT2D eigenvalue weighted by atomic mass is 16.3. The van der Waals surface area contributed by atoms with Crippen LogP contribution >= 0.6 is 0 Å². The fourth-order valence-corrected chi connectivity index (χ4v) is 5.01. The normalized spacial score (nSPS) is 19.6. The van der Waals surface area contributed by atoms with Crippen molar-refractivity contribution in [3.63, 3.8) is 0 Å². The van der Waals surface area contributed by atoms with Crippen molar-refractivity contribution < 1.29 is 5.11 Å². The minimum absolute atomic E-state index is 0.0765. The molecule has 1 spiro atoms. The number of nitrogens with zero attached hydrogens (tertiary/aromatic N) is 5. The first-order chi connectivity index (χ1) is 15.6. The molecule has 32 heavy (non-hydrogen) atoms. The second-order valence-electron chi connectivity index (χ2n) is 8.60. The first-order valence-corrected chi connectivity index (χ1v) is 10.9. The number of aliphatic hydroxyl groups is 1. The van der Waals surface area contributed by atoms with Crippen LogP contribution in [0.4, 0.5) is 11.8 Å². The molecular formula is C24H27N7O. The van der Waals surface area contributed by atoms with E-state index in [0.717, 1.165) is 38.2 Å². The highest BCUT2D eigenvalue weighted by Gasteiger charge is 2.46. The summed E-state index contributed by atoms with van der Waals surface area (Å²) in [5.74, 6) is 0.965. The van der Waals surface area contributed by atoms with Gasteiger partial charge >= 0.3 is 0 Å². The number of aromatic nitrogens is 4. The Balaban J connectivity index is 1.31. The summed E-state index contributed by atoms with van der Waals surface area (Å²) in [7, 11) is 0. The molecule has 8 nitrogen and oxygen atoms in total. The molecule has 1 saturated heterocycles. The van der Waals surface area contributed by atoms with Gasteiger partial charge in [-0.1, -0.05) is 24.3 Å². The van der Waals surface area contributed by atoms with Crippen molar-refractivity contribution in [2.75, 3.05) is 23.7 Å². The fraction of sp³-hybridized carbons (Fsp3) is 0.333. The lowest BCUT2D eigenvalue weighted by molar-refractivity contribution is 0.186. The van der Waals surface area contributed by atoms with Gasteiger partial charge in [-0.15, -0.1) is 0 Å². The molecule has 5 N–H and O–H groups in total. The molecule has 0 saturated carbocycles. The summed E-state index contributed by atoms with van der Waals surface area (Å²) in [4.78, 5) is 19.5. The van der Waals surface area contributed by atoms with Crippen molar-refractivity contribution in [3.8, 4) is 0 Å². The highest BCUT2D eigenvalue weighted by Crippen LogP contribution is 2.50. The zero-order valence-electron chi connectivity index (χ0n) is 17.9. The molecule has 2 aromatic heterocycles. The fourth-order valence-electron chi connectivity index (χ4n) is 5.01. The summed E-state index contributed by atoms with van der Waals surface area (Å²) in [5, 5.41) is 9.95. The minimum atomic E-state index is -0.170. The van der Waals surface area contributed by atoms with Gasteiger partial charge in [0.25, 0.3) is 0 Å². The van der Waals surface area contributed by atoms with E-state index in [1.165, 1.54) is 11.1 Å². The number of hydrogen-bond acceptors (Lipinski definition) is 8. The second-order valence-corrected chi connectivity index (χ2v) is 8.60. The maximum absolute atomic E-state index is 9.95. The molecule has 1 aromatic carbocycles. The lowest BCUT2D eigenvalue weighted by Crippen LogP contribution is -2.45. The Morgan fingerprint density at radius 1 is 1.06 bits per heavy atom. The molecule has 0 bridgehead atoms. The Morgan fingerprint density at radius 2 is 1.84 bits per heavy atom. The van der Waals surface area contributed by atoms with Gasteiger partial charge in [-0.25, -0.2) is 19.9 Å². The van der Waals surface area contributed by atoms with E-state index in [1.54, 1.807) is 30.6 Å². The van der Waals surface area contributed by atoms with E-state index >= 15 is 0 Å². The highest BCUT2D eigenvalue weighted by molar-refractivity contribution is 5.66. The Labute approximate surface area is 187 Å². The van der Waals surface area contributed by atoms with E-state index in [-0.39, 0.29) is 24.0 Å². The van der Waals surface area contributed by atoms with Crippen molar-refractivity contribution in [1.82, 2.24) is 19.9 Å². The molecule has 1 aliphatic heterocycles. The molecule has 1 unspecified atom stereocenters. The SMILES string of the molecule is Nc1nccc(C=Cc2cnc(N3CCC4(CC3)Cc3ccccc3C4N)c(CO)n2)n1. The van der Waals surface area contributed by atoms with Crippen molar-refractivity contribution in [2.24, 2.45) is 11.1 Å². The lowest BCUT2D eigenvalue weighted by atomic mass is 9.73. The maximum Gasteiger partial charge on any atom is 0.220 e. The molecule has 1 aliphatic carbocycles. The number of nitrogens with two attached hydrogens (primary N) is 2. The average Bonchev–Trinajstić information content (AvgIpc) is 3.09. The summed E-state index contributed by atoms with van der Waals surface area (Å²) in [6, 6.07) is 10.4. The third-order valence-corrected chi connectivity index (χ3v) is 6.76. The maximum atomic E-state index is 9.95. The monoisotopic (exact) mass is 429 g/mol. The van der Waals surface area contributed by atoms with Crippen LogP contribution in [0.25, 0.3) is 12.2 Å². The van der Waals surface area contributed by atoms with Crippen LogP contribution in [0.5, 0.6) is 0 Å².